The molecule has 202 valence electrons. The number of aromatic nitrogens is 4. The minimum atomic E-state index is -1.19. The Balaban J connectivity index is 1.45. The summed E-state index contributed by atoms with van der Waals surface area (Å²) in [5, 5.41) is 20.0. The highest BCUT2D eigenvalue weighted by molar-refractivity contribution is 7.19. The fraction of sp³-hybridized carbons (Fsp3) is 0.250. The third-order valence-electron chi connectivity index (χ3n) is 5.98. The number of nitrogens with two attached hydrogens (primary N) is 1. The lowest BCUT2D eigenvalue weighted by atomic mass is 10.1. The predicted octanol–water partition coefficient (Wildman–Crippen LogP) is 2.22. The van der Waals surface area contributed by atoms with Crippen LogP contribution in [0.4, 0.5) is 15.6 Å². The number of nitrogens with zero attached hydrogens (tertiary/aromatic N) is 5. The molecule has 1 aliphatic rings. The molecule has 1 saturated heterocycles. The Hall–Kier alpha value is -4.60. The van der Waals surface area contributed by atoms with Crippen molar-refractivity contribution >= 4 is 51.1 Å². The van der Waals surface area contributed by atoms with Crippen molar-refractivity contribution in [3.8, 4) is 16.3 Å². The highest BCUT2D eigenvalue weighted by Gasteiger charge is 2.31. The number of rotatable bonds is 8. The molecule has 4 aromatic rings. The number of anilines is 2. The number of ether oxygens (including phenoxy) is 2. The minimum Gasteiger partial charge on any atom is -0.497 e. The lowest BCUT2D eigenvalue weighted by Gasteiger charge is -2.32. The van der Waals surface area contributed by atoms with E-state index in [-0.39, 0.29) is 27.4 Å². The van der Waals surface area contributed by atoms with Crippen LogP contribution in [0.25, 0.3) is 21.6 Å². The Morgan fingerprint density at radius 3 is 2.69 bits per heavy atom. The van der Waals surface area contributed by atoms with Crippen molar-refractivity contribution in [1.82, 2.24) is 24.6 Å². The van der Waals surface area contributed by atoms with Crippen LogP contribution in [-0.2, 0) is 9.53 Å². The van der Waals surface area contributed by atoms with Crippen LogP contribution in [0.5, 0.6) is 5.75 Å². The van der Waals surface area contributed by atoms with Crippen molar-refractivity contribution in [3.05, 3.63) is 48.3 Å². The number of methoxy groups -OCH3 is 1. The van der Waals surface area contributed by atoms with Crippen molar-refractivity contribution in [3.63, 3.8) is 0 Å². The molecule has 1 aliphatic heterocycles. The number of hydrogen-bond acceptors (Lipinski definition) is 10. The number of carboxylic acid groups (broad SMARTS) is 1. The van der Waals surface area contributed by atoms with E-state index >= 15 is 0 Å². The van der Waals surface area contributed by atoms with Gasteiger partial charge in [-0.3, -0.25) is 15.0 Å². The summed E-state index contributed by atoms with van der Waals surface area (Å²) in [6, 6.07) is 7.75. The monoisotopic (exact) mass is 552 g/mol. The summed E-state index contributed by atoms with van der Waals surface area (Å²) in [4.78, 5) is 48.2. The van der Waals surface area contributed by atoms with Crippen LogP contribution < -0.4 is 21.1 Å². The first-order chi connectivity index (χ1) is 18.8. The molecule has 1 fully saturated rings. The number of hydrogen-bond donors (Lipinski definition) is 4. The zero-order valence-electron chi connectivity index (χ0n) is 20.7. The summed E-state index contributed by atoms with van der Waals surface area (Å²) in [5.74, 6) is -1.26. The van der Waals surface area contributed by atoms with Crippen molar-refractivity contribution in [1.29, 1.82) is 0 Å². The molecule has 1 unspecified atom stereocenters. The average Bonchev–Trinajstić information content (AvgIpc) is 3.56. The van der Waals surface area contributed by atoms with Crippen molar-refractivity contribution in [2.24, 2.45) is 5.73 Å². The molecule has 1 aromatic carbocycles. The SMILES string of the molecule is COc1cccc(NC(=O)Nc2ncc(-c3cc(C(=O)O)c4cnn(C(C(N)=O)N5CCOCC5)c4n3)s2)c1. The first kappa shape index (κ1) is 26.0. The van der Waals surface area contributed by atoms with E-state index in [0.717, 1.165) is 11.3 Å². The van der Waals surface area contributed by atoms with E-state index in [1.165, 1.54) is 30.3 Å². The van der Waals surface area contributed by atoms with Gasteiger partial charge in [-0.2, -0.15) is 5.10 Å². The van der Waals surface area contributed by atoms with Gasteiger partial charge < -0.3 is 25.6 Å². The van der Waals surface area contributed by atoms with Gasteiger partial charge in [0.05, 0.1) is 48.0 Å². The van der Waals surface area contributed by atoms with Gasteiger partial charge in [0.1, 0.15) is 5.75 Å². The van der Waals surface area contributed by atoms with Crippen molar-refractivity contribution in [2.45, 2.75) is 6.17 Å². The van der Waals surface area contributed by atoms with Gasteiger partial charge in [0.2, 0.25) is 0 Å². The van der Waals surface area contributed by atoms with Gasteiger partial charge in [0.15, 0.2) is 16.9 Å². The normalized spacial score (nSPS) is 14.6. The summed E-state index contributed by atoms with van der Waals surface area (Å²) >= 11 is 1.10. The number of thiazole rings is 1. The van der Waals surface area contributed by atoms with E-state index < -0.39 is 24.1 Å². The maximum absolute atomic E-state index is 12.5. The number of carboxylic acids is 1. The second kappa shape index (κ2) is 11.0. The summed E-state index contributed by atoms with van der Waals surface area (Å²) < 4.78 is 11.9. The molecule has 5 N–H and O–H groups in total. The number of urea groups is 1. The van der Waals surface area contributed by atoms with E-state index in [9.17, 15) is 19.5 Å². The van der Waals surface area contributed by atoms with Gasteiger partial charge >= 0.3 is 12.0 Å². The predicted molar refractivity (Wildman–Crippen MR) is 142 cm³/mol. The molecule has 3 aromatic heterocycles. The molecule has 4 heterocycles. The molecule has 5 rings (SSSR count). The number of carbonyl (C=O) groups is 3. The quantitative estimate of drug-likeness (QED) is 0.252. The molecular weight excluding hydrogens is 528 g/mol. The second-order valence-electron chi connectivity index (χ2n) is 8.45. The summed E-state index contributed by atoms with van der Waals surface area (Å²) in [6.45, 7) is 1.73. The number of nitrogens with one attached hydrogen (secondary N) is 2. The van der Waals surface area contributed by atoms with Gasteiger partial charge in [-0.05, 0) is 18.2 Å². The number of morpholine rings is 1. The highest BCUT2D eigenvalue weighted by Crippen LogP contribution is 2.32. The Bertz CT molecular complexity index is 1550. The molecule has 3 amide bonds. The van der Waals surface area contributed by atoms with Crippen LogP contribution in [0.1, 0.15) is 16.5 Å². The van der Waals surface area contributed by atoms with E-state index in [2.05, 4.69) is 25.7 Å². The molecule has 0 saturated carbocycles. The van der Waals surface area contributed by atoms with Crippen molar-refractivity contribution in [2.75, 3.05) is 44.0 Å². The number of benzene rings is 1. The first-order valence-corrected chi connectivity index (χ1v) is 12.6. The van der Waals surface area contributed by atoms with Gasteiger partial charge in [-0.25, -0.2) is 24.2 Å². The van der Waals surface area contributed by atoms with Crippen LogP contribution >= 0.6 is 11.3 Å². The maximum atomic E-state index is 12.5. The van der Waals surface area contributed by atoms with E-state index in [1.54, 1.807) is 24.3 Å². The average molecular weight is 553 g/mol. The zero-order valence-corrected chi connectivity index (χ0v) is 21.5. The zero-order chi connectivity index (χ0) is 27.5. The van der Waals surface area contributed by atoms with Gasteiger partial charge in [-0.1, -0.05) is 17.4 Å². The molecule has 15 heteroatoms. The highest BCUT2D eigenvalue weighted by atomic mass is 32.1. The number of aromatic carboxylic acids is 1. The number of amides is 3. The molecular formula is C24H24N8O6S. The Labute approximate surface area is 225 Å². The third-order valence-corrected chi connectivity index (χ3v) is 6.92. The van der Waals surface area contributed by atoms with Gasteiger partial charge in [-0.15, -0.1) is 0 Å². The summed E-state index contributed by atoms with van der Waals surface area (Å²) in [6.07, 6.45) is 1.85. The molecule has 0 spiro atoms. The Morgan fingerprint density at radius 2 is 1.97 bits per heavy atom. The summed E-state index contributed by atoms with van der Waals surface area (Å²) in [7, 11) is 1.53. The van der Waals surface area contributed by atoms with Crippen LogP contribution in [0, 0.1) is 0 Å². The topological polar surface area (TPSA) is 187 Å². The first-order valence-electron chi connectivity index (χ1n) is 11.7. The number of pyridine rings is 1. The Kier molecular flexibility index (Phi) is 7.36. The third kappa shape index (κ3) is 5.50. The van der Waals surface area contributed by atoms with Crippen LogP contribution in [0.3, 0.4) is 0 Å². The van der Waals surface area contributed by atoms with Crippen LogP contribution in [0.2, 0.25) is 0 Å². The molecule has 14 nitrogen and oxygen atoms in total. The van der Waals surface area contributed by atoms with Crippen LogP contribution in [0.15, 0.2) is 42.7 Å². The van der Waals surface area contributed by atoms with E-state index in [1.807, 2.05) is 4.90 Å². The standard InChI is InChI=1S/C24H24N8O6S/c1-37-14-4-2-3-13(9-14)28-23(36)30-24-26-12-18(39-24)17-10-15(22(34)35)16-11-27-32(20(16)29-17)21(19(25)33)31-5-7-38-8-6-31/h2-4,9-12,21H,5-8H2,1H3,(H2,25,33)(H,34,35)(H2,26,28,30,36). The van der Waals surface area contributed by atoms with Gasteiger partial charge in [0.25, 0.3) is 5.91 Å². The lowest BCUT2D eigenvalue weighted by molar-refractivity contribution is -0.129. The maximum Gasteiger partial charge on any atom is 0.336 e. The number of carbonyl (C=O) groups excluding carboxylic acids is 2. The van der Waals surface area contributed by atoms with Crippen molar-refractivity contribution < 1.29 is 29.0 Å². The molecule has 39 heavy (non-hydrogen) atoms. The smallest absolute Gasteiger partial charge is 0.336 e. The van der Waals surface area contributed by atoms with E-state index in [0.29, 0.717) is 42.6 Å². The largest absolute Gasteiger partial charge is 0.497 e. The lowest BCUT2D eigenvalue weighted by Crippen LogP contribution is -2.47. The molecule has 1 atom stereocenters. The number of primary amides is 1. The fourth-order valence-electron chi connectivity index (χ4n) is 4.19. The second-order valence-corrected chi connectivity index (χ2v) is 9.48. The van der Waals surface area contributed by atoms with E-state index in [4.69, 9.17) is 15.2 Å². The fourth-order valence-corrected chi connectivity index (χ4v) is 4.96. The Morgan fingerprint density at radius 1 is 1.18 bits per heavy atom. The minimum absolute atomic E-state index is 0.0508. The van der Waals surface area contributed by atoms with Gasteiger partial charge in [0, 0.05) is 31.0 Å². The molecule has 0 aliphatic carbocycles. The summed E-state index contributed by atoms with van der Waals surface area (Å²) in [5.41, 5.74) is 6.67. The number of fused-ring (bicyclic) bond motifs is 1. The van der Waals surface area contributed by atoms with Crippen LogP contribution in [-0.4, -0.2) is 81.1 Å². The molecule has 0 radical (unpaired) electrons. The molecule has 0 bridgehead atoms.